The van der Waals surface area contributed by atoms with E-state index in [0.29, 0.717) is 26.3 Å². The summed E-state index contributed by atoms with van der Waals surface area (Å²) in [6.45, 7) is 4.52. The van der Waals surface area contributed by atoms with E-state index in [-0.39, 0.29) is 17.7 Å². The maximum Gasteiger partial charge on any atom is 0.226 e. The molecule has 6 nitrogen and oxygen atoms in total. The van der Waals surface area contributed by atoms with Crippen molar-refractivity contribution in [2.75, 3.05) is 19.8 Å². The summed E-state index contributed by atoms with van der Waals surface area (Å²) < 4.78 is 13.0. The van der Waals surface area contributed by atoms with Gasteiger partial charge >= 0.3 is 0 Å². The standard InChI is InChI=1S/C19H23N3O3/c1-3-22(12-13-10-20-21(2)11-13)19(23)16-9-15(16)14-4-5-17-18(8-14)25-7-6-24-17/h4-5,8,10-11,15-16H,3,6-7,9,12H2,1-2H3/t15-,16-/m1/s1. The summed E-state index contributed by atoms with van der Waals surface area (Å²) in [5.41, 5.74) is 2.23. The Morgan fingerprint density at radius 1 is 1.32 bits per heavy atom. The van der Waals surface area contributed by atoms with Crippen molar-refractivity contribution in [3.63, 3.8) is 0 Å². The minimum Gasteiger partial charge on any atom is -0.486 e. The molecule has 0 unspecified atom stereocenters. The molecule has 1 aromatic carbocycles. The van der Waals surface area contributed by atoms with E-state index in [1.165, 1.54) is 5.56 Å². The molecule has 1 aliphatic heterocycles. The van der Waals surface area contributed by atoms with Crippen LogP contribution in [0.15, 0.2) is 30.6 Å². The molecule has 4 rings (SSSR count). The fraction of sp³-hybridized carbons (Fsp3) is 0.474. The number of fused-ring (bicyclic) bond motifs is 1. The van der Waals surface area contributed by atoms with Crippen LogP contribution in [0.3, 0.4) is 0 Å². The van der Waals surface area contributed by atoms with Crippen molar-refractivity contribution in [3.8, 4) is 11.5 Å². The van der Waals surface area contributed by atoms with Gasteiger partial charge in [0.2, 0.25) is 5.91 Å². The predicted molar refractivity (Wildman–Crippen MR) is 92.6 cm³/mol. The van der Waals surface area contributed by atoms with Crippen LogP contribution in [0.1, 0.15) is 30.4 Å². The first-order valence-corrected chi connectivity index (χ1v) is 8.81. The zero-order valence-electron chi connectivity index (χ0n) is 14.6. The van der Waals surface area contributed by atoms with E-state index < -0.39 is 0 Å². The predicted octanol–water partition coefficient (Wildman–Crippen LogP) is 2.34. The van der Waals surface area contributed by atoms with Gasteiger partial charge in [-0.1, -0.05) is 6.07 Å². The Labute approximate surface area is 147 Å². The molecule has 1 aliphatic carbocycles. The number of rotatable bonds is 5. The lowest BCUT2D eigenvalue weighted by molar-refractivity contribution is -0.133. The minimum absolute atomic E-state index is 0.0687. The Kier molecular flexibility index (Phi) is 4.11. The molecule has 0 bridgehead atoms. The number of carbonyl (C=O) groups excluding carboxylic acids is 1. The van der Waals surface area contributed by atoms with Crippen molar-refractivity contribution in [1.82, 2.24) is 14.7 Å². The van der Waals surface area contributed by atoms with E-state index in [0.717, 1.165) is 23.5 Å². The van der Waals surface area contributed by atoms with Crippen molar-refractivity contribution in [2.24, 2.45) is 13.0 Å². The highest BCUT2D eigenvalue weighted by Gasteiger charge is 2.45. The number of hydrogen-bond donors (Lipinski definition) is 0. The van der Waals surface area contributed by atoms with E-state index >= 15 is 0 Å². The summed E-state index contributed by atoms with van der Waals surface area (Å²) in [5.74, 6) is 2.17. The van der Waals surface area contributed by atoms with Gasteiger partial charge in [-0.3, -0.25) is 9.48 Å². The molecule has 1 saturated carbocycles. The van der Waals surface area contributed by atoms with Crippen molar-refractivity contribution in [2.45, 2.75) is 25.8 Å². The molecular weight excluding hydrogens is 318 g/mol. The quantitative estimate of drug-likeness (QED) is 0.838. The number of benzene rings is 1. The van der Waals surface area contributed by atoms with Crippen LogP contribution in [-0.4, -0.2) is 40.3 Å². The van der Waals surface area contributed by atoms with Gasteiger partial charge in [-0.05, 0) is 37.0 Å². The first kappa shape index (κ1) is 16.0. The number of hydrogen-bond acceptors (Lipinski definition) is 4. The fourth-order valence-corrected chi connectivity index (χ4v) is 3.48. The van der Waals surface area contributed by atoms with Crippen molar-refractivity contribution in [1.29, 1.82) is 0 Å². The number of carbonyl (C=O) groups is 1. The highest BCUT2D eigenvalue weighted by atomic mass is 16.6. The highest BCUT2D eigenvalue weighted by molar-refractivity contribution is 5.83. The number of nitrogens with zero attached hydrogens (tertiary/aromatic N) is 3. The lowest BCUT2D eigenvalue weighted by Gasteiger charge is -2.21. The molecule has 132 valence electrons. The van der Waals surface area contributed by atoms with E-state index in [1.807, 2.05) is 43.4 Å². The van der Waals surface area contributed by atoms with Gasteiger partial charge < -0.3 is 14.4 Å². The molecule has 1 fully saturated rings. The molecular formula is C19H23N3O3. The second-order valence-corrected chi connectivity index (χ2v) is 6.73. The molecule has 25 heavy (non-hydrogen) atoms. The lowest BCUT2D eigenvalue weighted by Crippen LogP contribution is -2.31. The molecule has 0 spiro atoms. The first-order valence-electron chi connectivity index (χ1n) is 8.81. The molecule has 2 atom stereocenters. The Balaban J connectivity index is 1.43. The number of aryl methyl sites for hydroxylation is 1. The van der Waals surface area contributed by atoms with Gasteiger partial charge in [0.1, 0.15) is 13.2 Å². The summed E-state index contributed by atoms with van der Waals surface area (Å²) in [7, 11) is 1.89. The Morgan fingerprint density at radius 3 is 2.84 bits per heavy atom. The molecule has 0 N–H and O–H groups in total. The third kappa shape index (κ3) is 3.21. The molecule has 2 aromatic rings. The van der Waals surface area contributed by atoms with Gasteiger partial charge in [-0.2, -0.15) is 5.10 Å². The number of aromatic nitrogens is 2. The topological polar surface area (TPSA) is 56.6 Å². The summed E-state index contributed by atoms with van der Waals surface area (Å²) in [6, 6.07) is 6.05. The molecule has 6 heteroatoms. The summed E-state index contributed by atoms with van der Waals surface area (Å²) in [5, 5.41) is 4.18. The molecule has 2 aliphatic rings. The average molecular weight is 341 g/mol. The van der Waals surface area contributed by atoms with Gasteiger partial charge in [0.05, 0.1) is 6.20 Å². The second kappa shape index (κ2) is 6.43. The van der Waals surface area contributed by atoms with Crippen LogP contribution in [-0.2, 0) is 18.4 Å². The maximum atomic E-state index is 12.9. The van der Waals surface area contributed by atoms with E-state index in [2.05, 4.69) is 11.2 Å². The molecule has 0 radical (unpaired) electrons. The van der Waals surface area contributed by atoms with Gasteiger partial charge in [-0.25, -0.2) is 0 Å². The molecule has 1 amide bonds. The smallest absolute Gasteiger partial charge is 0.226 e. The lowest BCUT2D eigenvalue weighted by atomic mass is 10.1. The van der Waals surface area contributed by atoms with Crippen LogP contribution in [0.2, 0.25) is 0 Å². The fourth-order valence-electron chi connectivity index (χ4n) is 3.48. The van der Waals surface area contributed by atoms with Crippen LogP contribution in [0.25, 0.3) is 0 Å². The minimum atomic E-state index is 0.0687. The maximum absolute atomic E-state index is 12.9. The largest absolute Gasteiger partial charge is 0.486 e. The van der Waals surface area contributed by atoms with Crippen molar-refractivity contribution < 1.29 is 14.3 Å². The Morgan fingerprint density at radius 2 is 2.12 bits per heavy atom. The summed E-state index contributed by atoms with van der Waals surface area (Å²) in [4.78, 5) is 14.8. The number of amides is 1. The molecule has 2 heterocycles. The highest BCUT2D eigenvalue weighted by Crippen LogP contribution is 2.50. The van der Waals surface area contributed by atoms with Gasteiger partial charge in [0.15, 0.2) is 11.5 Å². The van der Waals surface area contributed by atoms with Crippen molar-refractivity contribution >= 4 is 5.91 Å². The van der Waals surface area contributed by atoms with E-state index in [1.54, 1.807) is 4.68 Å². The molecule has 1 aromatic heterocycles. The third-order valence-corrected chi connectivity index (χ3v) is 4.93. The van der Waals surface area contributed by atoms with Crippen LogP contribution in [0.5, 0.6) is 11.5 Å². The van der Waals surface area contributed by atoms with Gasteiger partial charge in [0.25, 0.3) is 0 Å². The first-order chi connectivity index (χ1) is 12.2. The number of ether oxygens (including phenoxy) is 2. The molecule has 0 saturated heterocycles. The monoisotopic (exact) mass is 341 g/mol. The normalized spacial score (nSPS) is 21.0. The third-order valence-electron chi connectivity index (χ3n) is 4.93. The summed E-state index contributed by atoms with van der Waals surface area (Å²) in [6.07, 6.45) is 4.68. The van der Waals surface area contributed by atoms with Crippen LogP contribution in [0, 0.1) is 5.92 Å². The zero-order valence-corrected chi connectivity index (χ0v) is 14.6. The Hall–Kier alpha value is -2.50. The van der Waals surface area contributed by atoms with Crippen molar-refractivity contribution in [3.05, 3.63) is 41.7 Å². The SMILES string of the molecule is CCN(Cc1cnn(C)c1)C(=O)[C@@H]1C[C@@H]1c1ccc2c(c1)OCCO2. The Bertz CT molecular complexity index is 786. The zero-order chi connectivity index (χ0) is 17.4. The second-order valence-electron chi connectivity index (χ2n) is 6.73. The van der Waals surface area contributed by atoms with Gasteiger partial charge in [-0.15, -0.1) is 0 Å². The van der Waals surface area contributed by atoms with Crippen LogP contribution in [0.4, 0.5) is 0 Å². The van der Waals surface area contributed by atoms with E-state index in [4.69, 9.17) is 9.47 Å². The van der Waals surface area contributed by atoms with Crippen LogP contribution < -0.4 is 9.47 Å². The average Bonchev–Trinajstić information content (AvgIpc) is 3.34. The summed E-state index contributed by atoms with van der Waals surface area (Å²) >= 11 is 0. The van der Waals surface area contributed by atoms with Crippen LogP contribution >= 0.6 is 0 Å². The van der Waals surface area contributed by atoms with E-state index in [9.17, 15) is 4.79 Å². The van der Waals surface area contributed by atoms with Gasteiger partial charge in [0, 0.05) is 37.8 Å².